The molecule has 16 heavy (non-hydrogen) atoms. The highest BCUT2D eigenvalue weighted by atomic mass is 79.9. The molecule has 0 saturated carbocycles. The van der Waals surface area contributed by atoms with Gasteiger partial charge >= 0.3 is 0 Å². The van der Waals surface area contributed by atoms with E-state index in [1.807, 2.05) is 18.2 Å². The Morgan fingerprint density at radius 3 is 2.81 bits per heavy atom. The number of hydrogen-bond donors (Lipinski definition) is 1. The Bertz CT molecular complexity index is 481. The molecule has 0 aliphatic heterocycles. The molecule has 2 nitrogen and oxygen atoms in total. The average molecular weight is 297 g/mol. The van der Waals surface area contributed by atoms with Gasteiger partial charge in [-0.05, 0) is 39.7 Å². The maximum Gasteiger partial charge on any atom is 0.0920 e. The third kappa shape index (κ3) is 2.77. The number of thiophene rings is 1. The number of anilines is 2. The first-order valence-electron chi connectivity index (χ1n) is 4.95. The van der Waals surface area contributed by atoms with Crippen molar-refractivity contribution in [1.29, 1.82) is 0 Å². The van der Waals surface area contributed by atoms with Crippen LogP contribution < -0.4 is 10.6 Å². The second-order valence-corrected chi connectivity index (χ2v) is 5.51. The van der Waals surface area contributed by atoms with Crippen molar-refractivity contribution < 1.29 is 0 Å². The minimum absolute atomic E-state index is 0.818. The Labute approximate surface area is 108 Å². The van der Waals surface area contributed by atoms with E-state index in [0.717, 1.165) is 16.7 Å². The van der Waals surface area contributed by atoms with Gasteiger partial charge in [0, 0.05) is 29.1 Å². The largest absolute Gasteiger partial charge is 0.399 e. The molecule has 2 N–H and O–H groups in total. The smallest absolute Gasteiger partial charge is 0.0920 e. The molecule has 0 unspecified atom stereocenters. The summed E-state index contributed by atoms with van der Waals surface area (Å²) in [7, 11) is 2.08. The normalized spacial score (nSPS) is 10.4. The molecule has 0 radical (unpaired) electrons. The summed E-state index contributed by atoms with van der Waals surface area (Å²) in [6, 6.07) is 10.1. The molecule has 1 aromatic carbocycles. The van der Waals surface area contributed by atoms with Crippen LogP contribution in [0, 0.1) is 0 Å². The number of rotatable bonds is 3. The zero-order valence-corrected chi connectivity index (χ0v) is 11.4. The maximum atomic E-state index is 5.75. The Morgan fingerprint density at radius 1 is 1.38 bits per heavy atom. The molecular weight excluding hydrogens is 284 g/mol. The number of benzene rings is 1. The van der Waals surface area contributed by atoms with Crippen LogP contribution >= 0.6 is 27.3 Å². The van der Waals surface area contributed by atoms with Gasteiger partial charge in [-0.15, -0.1) is 11.3 Å². The van der Waals surface area contributed by atoms with E-state index in [4.69, 9.17) is 5.73 Å². The summed E-state index contributed by atoms with van der Waals surface area (Å²) in [5.41, 5.74) is 7.80. The molecule has 2 aromatic rings. The SMILES string of the molecule is CN(Cc1cccc(N)c1)c1cc(Br)cs1. The highest BCUT2D eigenvalue weighted by Crippen LogP contribution is 2.28. The molecule has 0 saturated heterocycles. The van der Waals surface area contributed by atoms with Gasteiger partial charge in [-0.2, -0.15) is 0 Å². The Balaban J connectivity index is 2.10. The second-order valence-electron chi connectivity index (χ2n) is 3.70. The molecule has 0 aliphatic carbocycles. The van der Waals surface area contributed by atoms with Crippen LogP contribution in [-0.4, -0.2) is 7.05 Å². The first-order valence-corrected chi connectivity index (χ1v) is 6.62. The van der Waals surface area contributed by atoms with Gasteiger partial charge in [0.05, 0.1) is 5.00 Å². The highest BCUT2D eigenvalue weighted by molar-refractivity contribution is 9.10. The van der Waals surface area contributed by atoms with E-state index in [2.05, 4.69) is 45.4 Å². The summed E-state index contributed by atoms with van der Waals surface area (Å²) in [5, 5.41) is 3.33. The third-order valence-corrected chi connectivity index (χ3v) is 4.10. The summed E-state index contributed by atoms with van der Waals surface area (Å²) in [4.78, 5) is 2.21. The lowest BCUT2D eigenvalue weighted by molar-refractivity contribution is 0.935. The summed E-state index contributed by atoms with van der Waals surface area (Å²) in [5.74, 6) is 0. The Hall–Kier alpha value is -1.000. The van der Waals surface area contributed by atoms with Crippen LogP contribution in [-0.2, 0) is 6.54 Å². The topological polar surface area (TPSA) is 29.3 Å². The van der Waals surface area contributed by atoms with Crippen LogP contribution in [0.25, 0.3) is 0 Å². The highest BCUT2D eigenvalue weighted by Gasteiger charge is 2.04. The van der Waals surface area contributed by atoms with Crippen molar-refractivity contribution in [3.05, 3.63) is 45.7 Å². The van der Waals surface area contributed by atoms with Gasteiger partial charge in [0.2, 0.25) is 0 Å². The second kappa shape index (κ2) is 4.89. The van der Waals surface area contributed by atoms with Crippen molar-refractivity contribution in [2.24, 2.45) is 0 Å². The lowest BCUT2D eigenvalue weighted by atomic mass is 10.2. The molecular formula is C12H13BrN2S. The van der Waals surface area contributed by atoms with Crippen LogP contribution in [0.1, 0.15) is 5.56 Å². The monoisotopic (exact) mass is 296 g/mol. The minimum Gasteiger partial charge on any atom is -0.399 e. The number of nitrogens with zero attached hydrogens (tertiary/aromatic N) is 1. The summed E-state index contributed by atoms with van der Waals surface area (Å²) in [6.07, 6.45) is 0. The first-order chi connectivity index (χ1) is 7.65. The molecule has 0 spiro atoms. The molecule has 0 atom stereocenters. The molecule has 0 bridgehead atoms. The van der Waals surface area contributed by atoms with Gasteiger partial charge in [0.1, 0.15) is 0 Å². The van der Waals surface area contributed by atoms with Gasteiger partial charge in [-0.3, -0.25) is 0 Å². The van der Waals surface area contributed by atoms with Gasteiger partial charge in [-0.1, -0.05) is 12.1 Å². The number of nitrogens with two attached hydrogens (primary N) is 1. The van der Waals surface area contributed by atoms with Crippen LogP contribution in [0.2, 0.25) is 0 Å². The van der Waals surface area contributed by atoms with E-state index < -0.39 is 0 Å². The summed E-state index contributed by atoms with van der Waals surface area (Å²) in [6.45, 7) is 0.873. The standard InChI is InChI=1S/C12H13BrN2S/c1-15(12-6-10(13)8-16-12)7-9-3-2-4-11(14)5-9/h2-6,8H,7,14H2,1H3. The lowest BCUT2D eigenvalue weighted by Gasteiger charge is -2.17. The van der Waals surface area contributed by atoms with Crippen LogP contribution in [0.4, 0.5) is 10.7 Å². The minimum atomic E-state index is 0.818. The van der Waals surface area contributed by atoms with Gasteiger partial charge in [0.15, 0.2) is 0 Å². The molecule has 0 fully saturated rings. The summed E-state index contributed by atoms with van der Waals surface area (Å²) >= 11 is 5.19. The molecule has 4 heteroatoms. The van der Waals surface area contributed by atoms with E-state index in [1.54, 1.807) is 11.3 Å². The number of halogens is 1. The molecule has 0 aliphatic rings. The first kappa shape index (κ1) is 11.5. The average Bonchev–Trinajstić information content (AvgIpc) is 2.65. The van der Waals surface area contributed by atoms with Crippen LogP contribution in [0.15, 0.2) is 40.2 Å². The third-order valence-electron chi connectivity index (χ3n) is 2.30. The fourth-order valence-corrected chi connectivity index (χ4v) is 2.94. The van der Waals surface area contributed by atoms with Gasteiger partial charge in [0.25, 0.3) is 0 Å². The van der Waals surface area contributed by atoms with Crippen molar-refractivity contribution >= 4 is 38.0 Å². The van der Waals surface area contributed by atoms with Gasteiger partial charge < -0.3 is 10.6 Å². The van der Waals surface area contributed by atoms with Crippen molar-refractivity contribution in [3.63, 3.8) is 0 Å². The fraction of sp³-hybridized carbons (Fsp3) is 0.167. The van der Waals surface area contributed by atoms with E-state index in [-0.39, 0.29) is 0 Å². The predicted octanol–water partition coefficient (Wildman–Crippen LogP) is 3.73. The van der Waals surface area contributed by atoms with E-state index in [0.29, 0.717) is 0 Å². The van der Waals surface area contributed by atoms with Crippen molar-refractivity contribution in [1.82, 2.24) is 0 Å². The number of nitrogen functional groups attached to an aromatic ring is 1. The number of hydrogen-bond acceptors (Lipinski definition) is 3. The van der Waals surface area contributed by atoms with Crippen LogP contribution in [0.5, 0.6) is 0 Å². The Morgan fingerprint density at radius 2 is 2.19 bits per heavy atom. The van der Waals surface area contributed by atoms with Crippen molar-refractivity contribution in [2.75, 3.05) is 17.7 Å². The molecule has 84 valence electrons. The maximum absolute atomic E-state index is 5.75. The fourth-order valence-electron chi connectivity index (χ4n) is 1.55. The van der Waals surface area contributed by atoms with E-state index >= 15 is 0 Å². The predicted molar refractivity (Wildman–Crippen MR) is 75.0 cm³/mol. The van der Waals surface area contributed by atoms with Crippen molar-refractivity contribution in [2.45, 2.75) is 6.54 Å². The van der Waals surface area contributed by atoms with E-state index in [9.17, 15) is 0 Å². The lowest BCUT2D eigenvalue weighted by Crippen LogP contribution is -2.14. The zero-order valence-electron chi connectivity index (χ0n) is 8.98. The van der Waals surface area contributed by atoms with E-state index in [1.165, 1.54) is 10.6 Å². The van der Waals surface area contributed by atoms with Crippen LogP contribution in [0.3, 0.4) is 0 Å². The molecule has 1 heterocycles. The van der Waals surface area contributed by atoms with Gasteiger partial charge in [-0.25, -0.2) is 0 Å². The molecule has 1 aromatic heterocycles. The van der Waals surface area contributed by atoms with Crippen molar-refractivity contribution in [3.8, 4) is 0 Å². The summed E-state index contributed by atoms with van der Waals surface area (Å²) < 4.78 is 1.13. The Kier molecular flexibility index (Phi) is 3.51. The molecule has 2 rings (SSSR count). The quantitative estimate of drug-likeness (QED) is 0.875. The zero-order chi connectivity index (χ0) is 11.5. The molecule has 0 amide bonds.